The van der Waals surface area contributed by atoms with Gasteiger partial charge in [0.2, 0.25) is 5.91 Å². The van der Waals surface area contributed by atoms with Crippen LogP contribution in [0.15, 0.2) is 42.5 Å². The number of amides is 2. The van der Waals surface area contributed by atoms with E-state index in [1.165, 1.54) is 0 Å². The largest absolute Gasteiger partial charge is 0.377 e. The zero-order chi connectivity index (χ0) is 22.5. The molecule has 0 heterocycles. The van der Waals surface area contributed by atoms with Crippen LogP contribution < -0.4 is 10.2 Å². The number of hydrogen-bond acceptors (Lipinski definition) is 3. The van der Waals surface area contributed by atoms with Crippen LogP contribution in [0.3, 0.4) is 0 Å². The summed E-state index contributed by atoms with van der Waals surface area (Å²) < 4.78 is 0. The monoisotopic (exact) mass is 441 g/mol. The van der Waals surface area contributed by atoms with Gasteiger partial charge < -0.3 is 15.1 Å². The van der Waals surface area contributed by atoms with Crippen LogP contribution in [0.4, 0.5) is 11.4 Å². The van der Waals surface area contributed by atoms with Crippen molar-refractivity contribution < 1.29 is 9.59 Å². The minimum Gasteiger partial charge on any atom is -0.377 e. The fourth-order valence-corrected chi connectivity index (χ4v) is 3.98. The first kappa shape index (κ1) is 23.1. The van der Waals surface area contributed by atoms with Crippen molar-refractivity contribution in [3.63, 3.8) is 0 Å². The number of halogens is 1. The second-order valence-electron chi connectivity index (χ2n) is 8.53. The third-order valence-electron chi connectivity index (χ3n) is 6.13. The lowest BCUT2D eigenvalue weighted by Gasteiger charge is -2.31. The van der Waals surface area contributed by atoms with E-state index in [1.54, 1.807) is 12.1 Å². The fourth-order valence-electron chi connectivity index (χ4n) is 3.76. The van der Waals surface area contributed by atoms with Crippen molar-refractivity contribution in [2.75, 3.05) is 24.3 Å². The van der Waals surface area contributed by atoms with Gasteiger partial charge in [-0.15, -0.1) is 0 Å². The molecule has 1 N–H and O–H groups in total. The number of rotatable bonds is 8. The van der Waals surface area contributed by atoms with Crippen LogP contribution in [-0.2, 0) is 11.3 Å². The molecule has 2 aromatic rings. The van der Waals surface area contributed by atoms with Crippen LogP contribution in [0.1, 0.15) is 55.5 Å². The topological polar surface area (TPSA) is 52.7 Å². The minimum atomic E-state index is -0.0893. The van der Waals surface area contributed by atoms with Crippen LogP contribution in [-0.4, -0.2) is 36.9 Å². The van der Waals surface area contributed by atoms with Crippen molar-refractivity contribution >= 4 is 34.8 Å². The van der Waals surface area contributed by atoms with Gasteiger partial charge in [0.05, 0.1) is 10.6 Å². The normalized spacial score (nSPS) is 14.5. The number of carbonyl (C=O) groups is 2. The summed E-state index contributed by atoms with van der Waals surface area (Å²) in [4.78, 5) is 29.7. The predicted molar refractivity (Wildman–Crippen MR) is 128 cm³/mol. The number of carbonyl (C=O) groups excluding carboxylic acids is 2. The first-order valence-electron chi connectivity index (χ1n) is 11.0. The Morgan fingerprint density at radius 2 is 1.87 bits per heavy atom. The van der Waals surface area contributed by atoms with Crippen LogP contribution in [0, 0.1) is 5.92 Å². The van der Waals surface area contributed by atoms with Gasteiger partial charge >= 0.3 is 0 Å². The molecule has 3 rings (SSSR count). The van der Waals surface area contributed by atoms with E-state index in [1.807, 2.05) is 61.2 Å². The molecule has 1 fully saturated rings. The Morgan fingerprint density at radius 1 is 1.16 bits per heavy atom. The summed E-state index contributed by atoms with van der Waals surface area (Å²) in [6.45, 7) is 4.55. The van der Waals surface area contributed by atoms with Crippen LogP contribution in [0.25, 0.3) is 0 Å². The molecule has 0 saturated heterocycles. The highest BCUT2D eigenvalue weighted by molar-refractivity contribution is 6.33. The van der Waals surface area contributed by atoms with E-state index < -0.39 is 0 Å². The molecule has 1 aliphatic rings. The van der Waals surface area contributed by atoms with E-state index in [-0.39, 0.29) is 23.8 Å². The number of benzene rings is 2. The molecule has 2 amide bonds. The van der Waals surface area contributed by atoms with E-state index in [0.29, 0.717) is 17.1 Å². The van der Waals surface area contributed by atoms with E-state index in [4.69, 9.17) is 11.6 Å². The highest BCUT2D eigenvalue weighted by Crippen LogP contribution is 2.30. The summed E-state index contributed by atoms with van der Waals surface area (Å²) in [5, 5.41) is 3.51. The van der Waals surface area contributed by atoms with Crippen LogP contribution >= 0.6 is 11.6 Å². The van der Waals surface area contributed by atoms with Gasteiger partial charge in [0.15, 0.2) is 0 Å². The van der Waals surface area contributed by atoms with Crippen molar-refractivity contribution in [2.45, 2.75) is 52.1 Å². The molecule has 5 nitrogen and oxygen atoms in total. The van der Waals surface area contributed by atoms with Crippen molar-refractivity contribution in [2.24, 2.45) is 5.92 Å². The van der Waals surface area contributed by atoms with Gasteiger partial charge in [-0.05, 0) is 62.1 Å². The molecule has 0 bridgehead atoms. The Balaban J connectivity index is 1.91. The summed E-state index contributed by atoms with van der Waals surface area (Å²) in [7, 11) is 3.96. The molecule has 6 heteroatoms. The standard InChI is InChI=1S/C25H32ClN3O2/c1-5-17(2)29(25(31)21-11-6-7-12-22(21)26)16-19-15-20(13-14-23(19)28(3)4)27-24(30)18-9-8-10-18/h6-7,11-15,17-18H,5,8-10,16H2,1-4H3,(H,27,30)/t17-/m0/s1. The molecular formula is C25H32ClN3O2. The molecule has 0 aliphatic heterocycles. The Morgan fingerprint density at radius 3 is 2.45 bits per heavy atom. The third kappa shape index (κ3) is 5.40. The lowest BCUT2D eigenvalue weighted by molar-refractivity contribution is -0.122. The van der Waals surface area contributed by atoms with E-state index >= 15 is 0 Å². The average Bonchev–Trinajstić information content (AvgIpc) is 2.70. The molecule has 0 spiro atoms. The Hall–Kier alpha value is -2.53. The molecule has 2 aromatic carbocycles. The molecule has 166 valence electrons. The van der Waals surface area contributed by atoms with E-state index in [2.05, 4.69) is 12.2 Å². The smallest absolute Gasteiger partial charge is 0.255 e. The first-order valence-corrected chi connectivity index (χ1v) is 11.4. The molecule has 1 saturated carbocycles. The summed E-state index contributed by atoms with van der Waals surface area (Å²) >= 11 is 6.32. The zero-order valence-electron chi connectivity index (χ0n) is 18.8. The summed E-state index contributed by atoms with van der Waals surface area (Å²) in [5.41, 5.74) is 3.27. The quantitative estimate of drug-likeness (QED) is 0.581. The van der Waals surface area contributed by atoms with Crippen molar-refractivity contribution in [1.29, 1.82) is 0 Å². The van der Waals surface area contributed by atoms with Gasteiger partial charge in [-0.1, -0.05) is 37.1 Å². The van der Waals surface area contributed by atoms with Gasteiger partial charge in [-0.25, -0.2) is 0 Å². The number of nitrogens with one attached hydrogen (secondary N) is 1. The van der Waals surface area contributed by atoms with Crippen LogP contribution in [0.5, 0.6) is 0 Å². The summed E-state index contributed by atoms with van der Waals surface area (Å²) in [6.07, 6.45) is 3.87. The predicted octanol–water partition coefficient (Wildman–Crippen LogP) is 5.59. The molecule has 1 aliphatic carbocycles. The van der Waals surface area contributed by atoms with Gasteiger partial charge in [0, 0.05) is 44.0 Å². The number of anilines is 2. The number of nitrogens with zero attached hydrogens (tertiary/aromatic N) is 2. The first-order chi connectivity index (χ1) is 14.8. The second-order valence-corrected chi connectivity index (χ2v) is 8.93. The van der Waals surface area contributed by atoms with Crippen molar-refractivity contribution in [3.8, 4) is 0 Å². The molecule has 0 unspecified atom stereocenters. The SMILES string of the molecule is CC[C@H](C)N(Cc1cc(NC(=O)C2CCC2)ccc1N(C)C)C(=O)c1ccccc1Cl. The maximum atomic E-state index is 13.4. The Bertz CT molecular complexity index is 940. The number of hydrogen-bond donors (Lipinski definition) is 1. The van der Waals surface area contributed by atoms with E-state index in [0.717, 1.165) is 42.6 Å². The van der Waals surface area contributed by atoms with Gasteiger partial charge in [0.1, 0.15) is 0 Å². The third-order valence-corrected chi connectivity index (χ3v) is 6.46. The molecule has 0 aromatic heterocycles. The fraction of sp³-hybridized carbons (Fsp3) is 0.440. The average molecular weight is 442 g/mol. The summed E-state index contributed by atoms with van der Waals surface area (Å²) in [6, 6.07) is 13.1. The Kier molecular flexibility index (Phi) is 7.60. The van der Waals surface area contributed by atoms with Crippen LogP contribution in [0.2, 0.25) is 5.02 Å². The molecule has 1 atom stereocenters. The second kappa shape index (κ2) is 10.2. The maximum Gasteiger partial charge on any atom is 0.255 e. The van der Waals surface area contributed by atoms with Crippen molar-refractivity contribution in [1.82, 2.24) is 4.90 Å². The van der Waals surface area contributed by atoms with E-state index in [9.17, 15) is 9.59 Å². The molecule has 31 heavy (non-hydrogen) atoms. The van der Waals surface area contributed by atoms with Crippen molar-refractivity contribution in [3.05, 3.63) is 58.6 Å². The van der Waals surface area contributed by atoms with Gasteiger partial charge in [-0.3, -0.25) is 9.59 Å². The highest BCUT2D eigenvalue weighted by atomic mass is 35.5. The minimum absolute atomic E-state index is 0.0343. The molecule has 0 radical (unpaired) electrons. The highest BCUT2D eigenvalue weighted by Gasteiger charge is 2.26. The van der Waals surface area contributed by atoms with Gasteiger partial charge in [-0.2, -0.15) is 0 Å². The zero-order valence-corrected chi connectivity index (χ0v) is 19.6. The lowest BCUT2D eigenvalue weighted by atomic mass is 9.85. The molecular weight excluding hydrogens is 410 g/mol. The van der Waals surface area contributed by atoms with Gasteiger partial charge in [0.25, 0.3) is 5.91 Å². The lowest BCUT2D eigenvalue weighted by Crippen LogP contribution is -2.38. The summed E-state index contributed by atoms with van der Waals surface area (Å²) in [5.74, 6) is 0.115. The Labute approximate surface area is 190 Å². The maximum absolute atomic E-state index is 13.4.